The van der Waals surface area contributed by atoms with E-state index >= 15 is 0 Å². The van der Waals surface area contributed by atoms with E-state index in [1.165, 1.54) is 24.3 Å². The van der Waals surface area contributed by atoms with E-state index in [2.05, 4.69) is 0 Å². The smallest absolute Gasteiger partial charge is 0.549 e. The predicted octanol–water partition coefficient (Wildman–Crippen LogP) is -1.17. The van der Waals surface area contributed by atoms with Gasteiger partial charge in [0, 0.05) is 0 Å². The minimum absolute atomic E-state index is 0. The molecule has 0 aliphatic heterocycles. The molecule has 0 saturated carbocycles. The van der Waals surface area contributed by atoms with E-state index in [1.807, 2.05) is 0 Å². The summed E-state index contributed by atoms with van der Waals surface area (Å²) in [5, 5.41) is 10.1. The number of carbonyl (C=O) groups excluding carboxylic acids is 1. The van der Waals surface area contributed by atoms with Crippen LogP contribution in [0.4, 0.5) is 0 Å². The first-order valence-corrected chi connectivity index (χ1v) is 5.15. The van der Waals surface area contributed by atoms with Gasteiger partial charge >= 0.3 is 37.7 Å². The molecule has 0 aliphatic carbocycles. The van der Waals surface area contributed by atoms with Gasteiger partial charge < -0.3 is 9.90 Å². The van der Waals surface area contributed by atoms with Crippen LogP contribution in [0.1, 0.15) is 0 Å². The van der Waals surface area contributed by atoms with Gasteiger partial charge in [-0.05, 0) is 12.1 Å². The van der Waals surface area contributed by atoms with Crippen LogP contribution in [0.25, 0.3) is 0 Å². The van der Waals surface area contributed by atoms with E-state index in [0.717, 1.165) is 0 Å². The van der Waals surface area contributed by atoms with Gasteiger partial charge in [-0.25, -0.2) is 8.42 Å². The third kappa shape index (κ3) is 3.96. The number of carboxylic acids is 1. The second kappa shape index (κ2) is 5.70. The monoisotopic (exact) mass is 239 g/mol. The van der Waals surface area contributed by atoms with Crippen molar-refractivity contribution in [2.45, 2.75) is 4.90 Å². The average Bonchev–Trinajstić information content (AvgIpc) is 2.04. The van der Waals surface area contributed by atoms with E-state index in [1.54, 1.807) is 6.07 Å². The molecule has 0 heterocycles. The van der Waals surface area contributed by atoms with Gasteiger partial charge in [-0.3, -0.25) is 0 Å². The van der Waals surface area contributed by atoms with E-state index in [-0.39, 0.29) is 42.6 Å². The fourth-order valence-corrected chi connectivity index (χ4v) is 1.92. The Labute approximate surface area is 112 Å². The van der Waals surface area contributed by atoms with Crippen molar-refractivity contribution in [1.82, 2.24) is 0 Å². The van der Waals surface area contributed by atoms with Crippen molar-refractivity contribution < 1.29 is 18.3 Å². The van der Waals surface area contributed by atoms with Crippen molar-refractivity contribution in [3.8, 4) is 0 Å². The van der Waals surface area contributed by atoms with Crippen molar-refractivity contribution in [1.29, 1.82) is 0 Å². The second-order valence-electron chi connectivity index (χ2n) is 2.44. The number of rotatable bonds is 3. The first-order chi connectivity index (χ1) is 6.02. The number of carboxylic acid groups (broad SMARTS) is 1. The molecule has 70 valence electrons. The van der Waals surface area contributed by atoms with Crippen LogP contribution in [0, 0.1) is 0 Å². The Kier molecular flexibility index (Phi) is 5.66. The summed E-state index contributed by atoms with van der Waals surface area (Å²) < 4.78 is 22.4. The predicted molar refractivity (Wildman–Crippen MR) is 49.3 cm³/mol. The largest absolute Gasteiger partial charge is 2.00 e. The van der Waals surface area contributed by atoms with Gasteiger partial charge in [-0.2, -0.15) is 0 Å². The molecule has 4 nitrogen and oxygen atoms in total. The number of benzene rings is 1. The Morgan fingerprint density at radius 1 is 1.21 bits per heavy atom. The zero-order valence-corrected chi connectivity index (χ0v) is 10.4. The summed E-state index contributed by atoms with van der Waals surface area (Å²) in [5.74, 6) is -2.57. The van der Waals surface area contributed by atoms with Crippen molar-refractivity contribution >= 4 is 53.5 Å². The van der Waals surface area contributed by atoms with Crippen LogP contribution in [0.2, 0.25) is 0 Å². The Bertz CT molecular complexity index is 399. The quantitative estimate of drug-likeness (QED) is 0.623. The zero-order valence-electron chi connectivity index (χ0n) is 7.34. The van der Waals surface area contributed by atoms with Crippen LogP contribution < -0.4 is 5.11 Å². The molecule has 0 spiro atoms. The molecule has 0 bridgehead atoms. The van der Waals surface area contributed by atoms with Crippen LogP contribution in [0.15, 0.2) is 35.2 Å². The second-order valence-corrected chi connectivity index (χ2v) is 4.43. The van der Waals surface area contributed by atoms with Crippen molar-refractivity contribution in [3.05, 3.63) is 30.3 Å². The molecule has 0 amide bonds. The fourth-order valence-electron chi connectivity index (χ4n) is 0.866. The zero-order chi connectivity index (χ0) is 9.90. The summed E-state index contributed by atoms with van der Waals surface area (Å²) in [6.45, 7) is 0. The van der Waals surface area contributed by atoms with Crippen molar-refractivity contribution in [2.24, 2.45) is 0 Å². The van der Waals surface area contributed by atoms with Crippen LogP contribution in [0.5, 0.6) is 0 Å². The molecule has 0 fully saturated rings. The summed E-state index contributed by atoms with van der Waals surface area (Å²) in [6, 6.07) is 7.40. The van der Waals surface area contributed by atoms with E-state index in [0.29, 0.717) is 0 Å². The summed E-state index contributed by atoms with van der Waals surface area (Å²) in [6.07, 6.45) is 0. The molecule has 0 radical (unpaired) electrons. The number of sulfone groups is 1. The van der Waals surface area contributed by atoms with Gasteiger partial charge in [0.15, 0.2) is 9.84 Å². The normalized spacial score (nSPS) is 10.3. The SMILES string of the molecule is O=C([O-])CS(=O)(=O)c1ccccc1.[Ca+2]. The number of hydrogen-bond acceptors (Lipinski definition) is 4. The van der Waals surface area contributed by atoms with Crippen LogP contribution >= 0.6 is 0 Å². The van der Waals surface area contributed by atoms with Gasteiger partial charge in [-0.15, -0.1) is 0 Å². The molecule has 1 rings (SSSR count). The van der Waals surface area contributed by atoms with Gasteiger partial charge in [0.1, 0.15) is 0 Å². The van der Waals surface area contributed by atoms with Gasteiger partial charge in [0.05, 0.1) is 16.6 Å². The minimum atomic E-state index is -3.72. The van der Waals surface area contributed by atoms with Gasteiger partial charge in [0.25, 0.3) is 0 Å². The molecule has 1 aromatic carbocycles. The third-order valence-electron chi connectivity index (χ3n) is 1.41. The fraction of sp³-hybridized carbons (Fsp3) is 0.125. The van der Waals surface area contributed by atoms with Crippen LogP contribution in [-0.4, -0.2) is 57.9 Å². The molecular weight excluding hydrogens is 232 g/mol. The maximum atomic E-state index is 11.2. The first kappa shape index (κ1) is 13.9. The Balaban J connectivity index is 0.00000169. The number of hydrogen-bond donors (Lipinski definition) is 0. The Morgan fingerprint density at radius 2 is 1.71 bits per heavy atom. The molecule has 0 aromatic heterocycles. The summed E-state index contributed by atoms with van der Waals surface area (Å²) >= 11 is 0. The molecule has 0 saturated heterocycles. The molecule has 0 unspecified atom stereocenters. The summed E-state index contributed by atoms with van der Waals surface area (Å²) in [7, 11) is -3.72. The van der Waals surface area contributed by atoms with Crippen LogP contribution in [0.3, 0.4) is 0 Å². The van der Waals surface area contributed by atoms with E-state index in [9.17, 15) is 18.3 Å². The number of aliphatic carboxylic acids is 1. The van der Waals surface area contributed by atoms with Gasteiger partial charge in [0.2, 0.25) is 0 Å². The topological polar surface area (TPSA) is 74.3 Å². The van der Waals surface area contributed by atoms with Gasteiger partial charge in [-0.1, -0.05) is 18.2 Å². The summed E-state index contributed by atoms with van der Waals surface area (Å²) in [5.41, 5.74) is 0. The molecule has 1 aromatic rings. The van der Waals surface area contributed by atoms with E-state index < -0.39 is 21.6 Å². The molecule has 14 heavy (non-hydrogen) atoms. The Hall–Kier alpha value is -0.100. The molecule has 6 heteroatoms. The molecule has 0 atom stereocenters. The standard InChI is InChI=1S/C8H8O4S.Ca/c9-8(10)6-13(11,12)7-4-2-1-3-5-7;/h1-5H,6H2,(H,9,10);/q;+2/p-1. The third-order valence-corrected chi connectivity index (χ3v) is 3.02. The molecular formula is C8H7CaO4S+. The minimum Gasteiger partial charge on any atom is -0.549 e. The maximum Gasteiger partial charge on any atom is 2.00 e. The van der Waals surface area contributed by atoms with Crippen molar-refractivity contribution in [3.63, 3.8) is 0 Å². The Morgan fingerprint density at radius 3 is 2.14 bits per heavy atom. The molecule has 0 N–H and O–H groups in total. The van der Waals surface area contributed by atoms with E-state index in [4.69, 9.17) is 0 Å². The average molecular weight is 239 g/mol. The maximum absolute atomic E-state index is 11.2. The molecule has 0 aliphatic rings. The van der Waals surface area contributed by atoms with Crippen molar-refractivity contribution in [2.75, 3.05) is 5.75 Å². The number of carbonyl (C=O) groups is 1. The first-order valence-electron chi connectivity index (χ1n) is 3.50. The summed E-state index contributed by atoms with van der Waals surface area (Å²) in [4.78, 5) is 10.1. The van der Waals surface area contributed by atoms with Crippen LogP contribution in [-0.2, 0) is 14.6 Å².